The third-order valence-corrected chi connectivity index (χ3v) is 1.86. The molecule has 19 heavy (non-hydrogen) atoms. The molecule has 0 radical (unpaired) electrons. The topological polar surface area (TPSA) is 84.2 Å². The molecule has 0 aliphatic carbocycles. The number of nitrogens with one attached hydrogen (secondary N) is 2. The summed E-state index contributed by atoms with van der Waals surface area (Å²) in [6, 6.07) is 6.92. The number of para-hydroxylation sites is 1. The van der Waals surface area contributed by atoms with E-state index in [1.807, 2.05) is 6.92 Å². The third-order valence-electron chi connectivity index (χ3n) is 1.86. The van der Waals surface area contributed by atoms with Gasteiger partial charge in [0.15, 0.2) is 0 Å². The Morgan fingerprint density at radius 1 is 1.32 bits per heavy atom. The molecule has 5 nitrogen and oxygen atoms in total. The van der Waals surface area contributed by atoms with E-state index >= 15 is 0 Å². The quantitative estimate of drug-likeness (QED) is 0.322. The molecule has 4 N–H and O–H groups in total. The highest BCUT2D eigenvalue weighted by Gasteiger charge is 2.17. The van der Waals surface area contributed by atoms with E-state index < -0.39 is 0 Å². The number of fused-ring (bicyclic) bond motifs is 1. The van der Waals surface area contributed by atoms with Gasteiger partial charge in [0, 0.05) is 5.37 Å². The van der Waals surface area contributed by atoms with E-state index in [4.69, 9.17) is 5.73 Å². The van der Waals surface area contributed by atoms with Crippen molar-refractivity contribution in [3.8, 4) is 12.8 Å². The number of carbonyl (C=O) groups excluding carboxylic acids is 2. The summed E-state index contributed by atoms with van der Waals surface area (Å²) in [4.78, 5) is 22.4. The Balaban J connectivity index is 0.000000467. The van der Waals surface area contributed by atoms with Gasteiger partial charge < -0.3 is 16.4 Å². The Kier molecular flexibility index (Phi) is 8.09. The van der Waals surface area contributed by atoms with Crippen molar-refractivity contribution in [3.05, 3.63) is 29.8 Å². The van der Waals surface area contributed by atoms with Crippen LogP contribution in [-0.2, 0) is 4.79 Å². The number of carbonyl (C=O) groups is 2. The lowest BCUT2D eigenvalue weighted by Crippen LogP contribution is -2.28. The first-order valence-electron chi connectivity index (χ1n) is 5.44. The van der Waals surface area contributed by atoms with Crippen LogP contribution in [0.25, 0.3) is 0 Å². The van der Waals surface area contributed by atoms with E-state index in [9.17, 15) is 9.59 Å². The first-order valence-corrected chi connectivity index (χ1v) is 5.96. The smallest absolute Gasteiger partial charge is 0.253 e. The van der Waals surface area contributed by atoms with Gasteiger partial charge in [-0.05, 0) is 19.1 Å². The second-order valence-electron chi connectivity index (χ2n) is 3.52. The van der Waals surface area contributed by atoms with Crippen LogP contribution in [-0.4, -0.2) is 23.7 Å². The second-order valence-corrected chi connectivity index (χ2v) is 4.33. The normalized spacial score (nSPS) is 13.9. The molecule has 1 aromatic carbocycles. The first kappa shape index (κ1) is 17.0. The number of terminal acetylenes is 1. The summed E-state index contributed by atoms with van der Waals surface area (Å²) in [5.41, 5.74) is 6.05. The van der Waals surface area contributed by atoms with Crippen molar-refractivity contribution in [1.29, 1.82) is 0 Å². The molecule has 1 aliphatic heterocycles. The van der Waals surface area contributed by atoms with E-state index in [1.54, 1.807) is 24.3 Å². The number of hydrogen-bond acceptors (Lipinski definition) is 4. The van der Waals surface area contributed by atoms with Crippen LogP contribution in [0.4, 0.5) is 5.69 Å². The summed E-state index contributed by atoms with van der Waals surface area (Å²) in [6.07, 6.45) is 8.00. The molecule has 2 rings (SSSR count). The Morgan fingerprint density at radius 2 is 1.84 bits per heavy atom. The highest BCUT2D eigenvalue weighted by atomic mass is 32.1. The Morgan fingerprint density at radius 3 is 2.42 bits per heavy atom. The standard InChI is InChI=1S/C9H8N2O2.C2H7NS.C2H2/c12-8-5-10-9(13)6-3-1-2-4-7(6)11-8;1-2(3)4;1-2/h1-4H,5H2,(H,10,13)(H,11,12);2,4H,3H2,1H3;1-2H. The summed E-state index contributed by atoms with van der Waals surface area (Å²) in [5.74, 6) is -0.410. The molecule has 0 aromatic heterocycles. The van der Waals surface area contributed by atoms with Gasteiger partial charge in [-0.25, -0.2) is 0 Å². The molecule has 6 heteroatoms. The zero-order chi connectivity index (χ0) is 14.8. The van der Waals surface area contributed by atoms with Crippen LogP contribution in [0.5, 0.6) is 0 Å². The molecule has 1 heterocycles. The minimum atomic E-state index is -0.214. The lowest BCUT2D eigenvalue weighted by Gasteiger charge is -2.02. The maximum Gasteiger partial charge on any atom is 0.253 e. The number of amides is 2. The number of thiol groups is 1. The monoisotopic (exact) mass is 279 g/mol. The molecule has 0 saturated carbocycles. The summed E-state index contributed by atoms with van der Waals surface area (Å²) in [5, 5.41) is 5.16. The SMILES string of the molecule is C#C.CC(N)S.O=C1CNC(=O)c2ccccc2N1. The fourth-order valence-corrected chi connectivity index (χ4v) is 1.24. The van der Waals surface area contributed by atoms with Gasteiger partial charge in [0.05, 0.1) is 17.8 Å². The first-order chi connectivity index (χ1) is 9.00. The van der Waals surface area contributed by atoms with E-state index in [2.05, 4.69) is 36.1 Å². The van der Waals surface area contributed by atoms with Gasteiger partial charge in [0.25, 0.3) is 5.91 Å². The highest BCUT2D eigenvalue weighted by molar-refractivity contribution is 7.80. The molecule has 0 fully saturated rings. The highest BCUT2D eigenvalue weighted by Crippen LogP contribution is 2.15. The number of hydrogen-bond donors (Lipinski definition) is 4. The zero-order valence-corrected chi connectivity index (χ0v) is 11.5. The summed E-state index contributed by atoms with van der Waals surface area (Å²) < 4.78 is 0. The predicted molar refractivity (Wildman–Crippen MR) is 79.9 cm³/mol. The van der Waals surface area contributed by atoms with Crippen molar-refractivity contribution >= 4 is 30.1 Å². The maximum absolute atomic E-state index is 11.3. The third kappa shape index (κ3) is 6.50. The van der Waals surface area contributed by atoms with Gasteiger partial charge in [0.1, 0.15) is 0 Å². The fourth-order valence-electron chi connectivity index (χ4n) is 1.24. The lowest BCUT2D eigenvalue weighted by molar-refractivity contribution is -0.115. The average Bonchev–Trinajstić information content (AvgIpc) is 2.51. The van der Waals surface area contributed by atoms with Crippen molar-refractivity contribution in [3.63, 3.8) is 0 Å². The van der Waals surface area contributed by atoms with Gasteiger partial charge in [-0.1, -0.05) is 12.1 Å². The van der Waals surface area contributed by atoms with Crippen LogP contribution in [0, 0.1) is 12.8 Å². The second kappa shape index (κ2) is 9.03. The van der Waals surface area contributed by atoms with Crippen molar-refractivity contribution in [1.82, 2.24) is 5.32 Å². The van der Waals surface area contributed by atoms with Crippen LogP contribution < -0.4 is 16.4 Å². The molecule has 0 spiro atoms. The van der Waals surface area contributed by atoms with Crippen molar-refractivity contribution in [2.75, 3.05) is 11.9 Å². The predicted octanol–water partition coefficient (Wildman–Crippen LogP) is 0.839. The van der Waals surface area contributed by atoms with Gasteiger partial charge in [-0.3, -0.25) is 9.59 Å². The number of anilines is 1. The van der Waals surface area contributed by atoms with Crippen molar-refractivity contribution in [2.24, 2.45) is 5.73 Å². The minimum absolute atomic E-state index is 0.0278. The van der Waals surface area contributed by atoms with Crippen LogP contribution in [0.3, 0.4) is 0 Å². The molecule has 0 saturated heterocycles. The molecule has 1 aliphatic rings. The summed E-state index contributed by atoms with van der Waals surface area (Å²) >= 11 is 3.74. The summed E-state index contributed by atoms with van der Waals surface area (Å²) in [6.45, 7) is 1.84. The molecule has 2 amide bonds. The number of benzene rings is 1. The Bertz CT molecular complexity index is 455. The summed E-state index contributed by atoms with van der Waals surface area (Å²) in [7, 11) is 0. The molecule has 1 unspecified atom stereocenters. The van der Waals surface area contributed by atoms with Crippen LogP contribution >= 0.6 is 12.6 Å². The lowest BCUT2D eigenvalue weighted by atomic mass is 10.2. The van der Waals surface area contributed by atoms with E-state index in [-0.39, 0.29) is 23.7 Å². The Labute approximate surface area is 118 Å². The van der Waals surface area contributed by atoms with Crippen molar-refractivity contribution < 1.29 is 9.59 Å². The van der Waals surface area contributed by atoms with E-state index in [0.29, 0.717) is 11.3 Å². The van der Waals surface area contributed by atoms with Crippen molar-refractivity contribution in [2.45, 2.75) is 12.3 Å². The zero-order valence-electron chi connectivity index (χ0n) is 10.6. The van der Waals surface area contributed by atoms with Crippen LogP contribution in [0.2, 0.25) is 0 Å². The maximum atomic E-state index is 11.3. The van der Waals surface area contributed by atoms with Gasteiger partial charge in [-0.2, -0.15) is 12.6 Å². The molecule has 0 bridgehead atoms. The van der Waals surface area contributed by atoms with E-state index in [0.717, 1.165) is 0 Å². The van der Waals surface area contributed by atoms with Crippen LogP contribution in [0.1, 0.15) is 17.3 Å². The van der Waals surface area contributed by atoms with Gasteiger partial charge in [0.2, 0.25) is 5.91 Å². The fraction of sp³-hybridized carbons (Fsp3) is 0.231. The molecule has 1 aromatic rings. The molecule has 1 atom stereocenters. The number of rotatable bonds is 0. The largest absolute Gasteiger partial charge is 0.343 e. The minimum Gasteiger partial charge on any atom is -0.343 e. The molecular weight excluding hydrogens is 262 g/mol. The number of nitrogens with two attached hydrogens (primary N) is 1. The molecule has 102 valence electrons. The van der Waals surface area contributed by atoms with E-state index in [1.165, 1.54) is 0 Å². The van der Waals surface area contributed by atoms with Gasteiger partial charge >= 0.3 is 0 Å². The van der Waals surface area contributed by atoms with Crippen LogP contribution in [0.15, 0.2) is 24.3 Å². The average molecular weight is 279 g/mol. The molecular formula is C13H17N3O2S. The van der Waals surface area contributed by atoms with Gasteiger partial charge in [-0.15, -0.1) is 12.8 Å². The Hall–Kier alpha value is -1.97.